The summed E-state index contributed by atoms with van der Waals surface area (Å²) < 4.78 is 35.5. The number of morpholine rings is 1. The fraction of sp³-hybridized carbons (Fsp3) is 0.364. The van der Waals surface area contributed by atoms with E-state index in [1.54, 1.807) is 47.8 Å². The standard InChI is InChI=1S/C22H26N4O4S2/c1-4-16-5-7-17(8-6-16)24-32(28,29)18-13-19(25(3)14-18)21-23-15(2)20(31-21)22(27)26-9-11-30-12-10-26/h5-8,13-14,24H,4,9-12H2,1-3H3. The topological polar surface area (TPSA) is 93.5 Å². The van der Waals surface area contributed by atoms with Crippen LogP contribution in [0.3, 0.4) is 0 Å². The van der Waals surface area contributed by atoms with Gasteiger partial charge in [0.25, 0.3) is 15.9 Å². The molecule has 8 nitrogen and oxygen atoms in total. The van der Waals surface area contributed by atoms with Crippen molar-refractivity contribution in [1.29, 1.82) is 0 Å². The van der Waals surface area contributed by atoms with Crippen LogP contribution in [0.2, 0.25) is 0 Å². The summed E-state index contributed by atoms with van der Waals surface area (Å²) in [4.78, 5) is 19.9. The highest BCUT2D eigenvalue weighted by Gasteiger charge is 2.25. The van der Waals surface area contributed by atoms with Crippen LogP contribution in [-0.2, 0) is 28.2 Å². The Hall–Kier alpha value is -2.69. The van der Waals surface area contributed by atoms with E-state index < -0.39 is 10.0 Å². The lowest BCUT2D eigenvalue weighted by atomic mass is 10.2. The number of thiazole rings is 1. The lowest BCUT2D eigenvalue weighted by Crippen LogP contribution is -2.40. The SMILES string of the molecule is CCc1ccc(NS(=O)(=O)c2cc(-c3nc(C)c(C(=O)N4CCOCC4)s3)n(C)c2)cc1. The molecule has 170 valence electrons. The molecule has 0 saturated carbocycles. The number of aryl methyl sites for hydroxylation is 3. The third-order valence-corrected chi connectivity index (χ3v) is 7.93. The Morgan fingerprint density at radius 2 is 1.91 bits per heavy atom. The Morgan fingerprint density at radius 1 is 1.22 bits per heavy atom. The van der Waals surface area contributed by atoms with Gasteiger partial charge in [0.1, 0.15) is 14.8 Å². The molecular formula is C22H26N4O4S2. The average Bonchev–Trinajstić information content (AvgIpc) is 3.37. The molecule has 0 bridgehead atoms. The molecule has 2 aromatic heterocycles. The summed E-state index contributed by atoms with van der Waals surface area (Å²) in [7, 11) is -1.99. The second-order valence-corrected chi connectivity index (χ2v) is 10.3. The Kier molecular flexibility index (Phi) is 6.36. The van der Waals surface area contributed by atoms with Crippen molar-refractivity contribution in [3.8, 4) is 10.7 Å². The minimum Gasteiger partial charge on any atom is -0.378 e. The number of carbonyl (C=O) groups excluding carboxylic acids is 1. The van der Waals surface area contributed by atoms with Crippen LogP contribution in [0.25, 0.3) is 10.7 Å². The van der Waals surface area contributed by atoms with Crippen LogP contribution in [0.4, 0.5) is 5.69 Å². The predicted octanol–water partition coefficient (Wildman–Crippen LogP) is 3.29. The number of ether oxygens (including phenoxy) is 1. The molecule has 0 spiro atoms. The van der Waals surface area contributed by atoms with Crippen molar-refractivity contribution in [2.45, 2.75) is 25.2 Å². The first-order valence-corrected chi connectivity index (χ1v) is 12.7. The van der Waals surface area contributed by atoms with Crippen molar-refractivity contribution in [2.75, 3.05) is 31.0 Å². The molecule has 1 saturated heterocycles. The number of rotatable bonds is 6. The maximum atomic E-state index is 12.9. The van der Waals surface area contributed by atoms with E-state index >= 15 is 0 Å². The molecule has 1 aromatic carbocycles. The molecule has 0 aliphatic carbocycles. The van der Waals surface area contributed by atoms with Gasteiger partial charge >= 0.3 is 0 Å². The minimum atomic E-state index is -3.76. The first-order chi connectivity index (χ1) is 15.3. The summed E-state index contributed by atoms with van der Waals surface area (Å²) in [5, 5.41) is 0.607. The summed E-state index contributed by atoms with van der Waals surface area (Å²) in [5.74, 6) is -0.0613. The largest absolute Gasteiger partial charge is 0.378 e. The van der Waals surface area contributed by atoms with E-state index in [9.17, 15) is 13.2 Å². The molecule has 1 aliphatic rings. The zero-order chi connectivity index (χ0) is 22.9. The minimum absolute atomic E-state index is 0.0613. The normalized spacial score (nSPS) is 14.5. The average molecular weight is 475 g/mol. The summed E-state index contributed by atoms with van der Waals surface area (Å²) in [5.41, 5.74) is 2.93. The molecule has 0 radical (unpaired) electrons. The van der Waals surface area contributed by atoms with Gasteiger partial charge in [-0.3, -0.25) is 9.52 Å². The quantitative estimate of drug-likeness (QED) is 0.592. The number of anilines is 1. The molecule has 4 rings (SSSR count). The molecule has 0 atom stereocenters. The highest BCUT2D eigenvalue weighted by molar-refractivity contribution is 7.92. The Bertz CT molecular complexity index is 1220. The molecule has 10 heteroatoms. The van der Waals surface area contributed by atoms with Gasteiger partial charge in [0.2, 0.25) is 0 Å². The van der Waals surface area contributed by atoms with E-state index in [1.807, 2.05) is 19.1 Å². The molecule has 3 aromatic rings. The molecular weight excluding hydrogens is 448 g/mol. The number of nitrogens with zero attached hydrogens (tertiary/aromatic N) is 3. The van der Waals surface area contributed by atoms with Gasteiger partial charge in [-0.05, 0) is 37.1 Å². The Labute approximate surface area is 191 Å². The van der Waals surface area contributed by atoms with Crippen LogP contribution in [-0.4, -0.2) is 55.1 Å². The van der Waals surface area contributed by atoms with E-state index in [0.29, 0.717) is 53.3 Å². The second kappa shape index (κ2) is 9.05. The highest BCUT2D eigenvalue weighted by Crippen LogP contribution is 2.31. The maximum absolute atomic E-state index is 12.9. The second-order valence-electron chi connectivity index (χ2n) is 7.67. The van der Waals surface area contributed by atoms with Crippen LogP contribution in [0, 0.1) is 6.92 Å². The number of hydrogen-bond acceptors (Lipinski definition) is 6. The zero-order valence-electron chi connectivity index (χ0n) is 18.3. The van der Waals surface area contributed by atoms with Gasteiger partial charge in [0, 0.05) is 32.0 Å². The van der Waals surface area contributed by atoms with Crippen LogP contribution in [0.1, 0.15) is 27.9 Å². The first-order valence-electron chi connectivity index (χ1n) is 10.4. The van der Waals surface area contributed by atoms with E-state index in [-0.39, 0.29) is 10.8 Å². The Morgan fingerprint density at radius 3 is 2.56 bits per heavy atom. The summed E-state index contributed by atoms with van der Waals surface area (Å²) in [6.07, 6.45) is 2.44. The highest BCUT2D eigenvalue weighted by atomic mass is 32.2. The monoisotopic (exact) mass is 474 g/mol. The zero-order valence-corrected chi connectivity index (χ0v) is 19.9. The molecule has 1 N–H and O–H groups in total. The number of nitrogens with one attached hydrogen (secondary N) is 1. The fourth-order valence-electron chi connectivity index (χ4n) is 3.53. The fourth-order valence-corrected chi connectivity index (χ4v) is 5.75. The van der Waals surface area contributed by atoms with Gasteiger partial charge in [-0.25, -0.2) is 13.4 Å². The van der Waals surface area contributed by atoms with Crippen LogP contribution < -0.4 is 4.72 Å². The first kappa shape index (κ1) is 22.5. The van der Waals surface area contributed by atoms with Gasteiger partial charge in [0.15, 0.2) is 0 Å². The van der Waals surface area contributed by atoms with Crippen molar-refractivity contribution in [3.05, 3.63) is 52.7 Å². The van der Waals surface area contributed by atoms with Gasteiger partial charge in [-0.2, -0.15) is 0 Å². The predicted molar refractivity (Wildman–Crippen MR) is 125 cm³/mol. The maximum Gasteiger partial charge on any atom is 0.266 e. The summed E-state index contributed by atoms with van der Waals surface area (Å²) in [6, 6.07) is 8.91. The van der Waals surface area contributed by atoms with Crippen LogP contribution in [0.15, 0.2) is 41.4 Å². The molecule has 0 unspecified atom stereocenters. The lowest BCUT2D eigenvalue weighted by molar-refractivity contribution is 0.0305. The summed E-state index contributed by atoms with van der Waals surface area (Å²) >= 11 is 1.28. The van der Waals surface area contributed by atoms with Crippen molar-refractivity contribution in [3.63, 3.8) is 0 Å². The van der Waals surface area contributed by atoms with E-state index in [0.717, 1.165) is 12.0 Å². The van der Waals surface area contributed by atoms with Crippen molar-refractivity contribution < 1.29 is 17.9 Å². The number of benzene rings is 1. The number of aromatic nitrogens is 2. The number of carbonyl (C=O) groups is 1. The van der Waals surface area contributed by atoms with Crippen molar-refractivity contribution >= 4 is 33.0 Å². The molecule has 1 aliphatic heterocycles. The number of hydrogen-bond donors (Lipinski definition) is 1. The van der Waals surface area contributed by atoms with Gasteiger partial charge in [-0.15, -0.1) is 11.3 Å². The van der Waals surface area contributed by atoms with E-state index in [4.69, 9.17) is 4.74 Å². The van der Waals surface area contributed by atoms with Gasteiger partial charge < -0.3 is 14.2 Å². The molecule has 32 heavy (non-hydrogen) atoms. The summed E-state index contributed by atoms with van der Waals surface area (Å²) in [6.45, 7) is 6.03. The third-order valence-electron chi connectivity index (χ3n) is 5.41. The number of sulfonamides is 1. The van der Waals surface area contributed by atoms with E-state index in [2.05, 4.69) is 9.71 Å². The smallest absolute Gasteiger partial charge is 0.266 e. The third kappa shape index (κ3) is 4.57. The number of amides is 1. The van der Waals surface area contributed by atoms with Crippen molar-refractivity contribution in [2.24, 2.45) is 7.05 Å². The molecule has 1 amide bonds. The van der Waals surface area contributed by atoms with Gasteiger partial charge in [0.05, 0.1) is 24.6 Å². The lowest BCUT2D eigenvalue weighted by Gasteiger charge is -2.26. The van der Waals surface area contributed by atoms with Crippen LogP contribution >= 0.6 is 11.3 Å². The van der Waals surface area contributed by atoms with Crippen LogP contribution in [0.5, 0.6) is 0 Å². The van der Waals surface area contributed by atoms with E-state index in [1.165, 1.54) is 11.3 Å². The molecule has 1 fully saturated rings. The van der Waals surface area contributed by atoms with Crippen molar-refractivity contribution in [1.82, 2.24) is 14.5 Å². The van der Waals surface area contributed by atoms with Gasteiger partial charge in [-0.1, -0.05) is 19.1 Å². The Balaban J connectivity index is 1.58. The molecule has 3 heterocycles.